The lowest BCUT2D eigenvalue weighted by atomic mass is 10.0. The maximum Gasteiger partial charge on any atom is 0.330 e. The van der Waals surface area contributed by atoms with Gasteiger partial charge in [0.25, 0.3) is 0 Å². The van der Waals surface area contributed by atoms with Crippen molar-refractivity contribution in [1.82, 2.24) is 0 Å². The third-order valence-corrected chi connectivity index (χ3v) is 3.44. The highest BCUT2D eigenvalue weighted by Crippen LogP contribution is 2.26. The normalized spacial score (nSPS) is 10.2. The molecule has 2 aromatic rings. The second-order valence-electron chi connectivity index (χ2n) is 5.23. The van der Waals surface area contributed by atoms with Crippen molar-refractivity contribution in [3.63, 3.8) is 0 Å². The first-order valence-electron chi connectivity index (χ1n) is 7.45. The molecule has 0 unspecified atom stereocenters. The second-order valence-corrected chi connectivity index (χ2v) is 5.23. The molecule has 5 heteroatoms. The SMILES string of the molecule is C=C(CCCOc1ccc(C(=O)c2ccccc2)c(O)c1)C(=O)O. The van der Waals surface area contributed by atoms with Crippen molar-refractivity contribution in [3.8, 4) is 11.5 Å². The van der Waals surface area contributed by atoms with Crippen LogP contribution in [0.1, 0.15) is 28.8 Å². The van der Waals surface area contributed by atoms with E-state index in [4.69, 9.17) is 9.84 Å². The number of rotatable bonds is 8. The van der Waals surface area contributed by atoms with Gasteiger partial charge in [0.2, 0.25) is 0 Å². The average molecular weight is 326 g/mol. The van der Waals surface area contributed by atoms with Crippen LogP contribution in [0, 0.1) is 0 Å². The lowest BCUT2D eigenvalue weighted by molar-refractivity contribution is -0.132. The van der Waals surface area contributed by atoms with Gasteiger partial charge in [0, 0.05) is 17.2 Å². The highest BCUT2D eigenvalue weighted by atomic mass is 16.5. The number of aliphatic carboxylic acids is 1. The Morgan fingerprint density at radius 3 is 2.42 bits per heavy atom. The minimum absolute atomic E-state index is 0.130. The Morgan fingerprint density at radius 2 is 1.79 bits per heavy atom. The molecule has 0 saturated heterocycles. The van der Waals surface area contributed by atoms with Crippen LogP contribution in [0.5, 0.6) is 11.5 Å². The fourth-order valence-electron chi connectivity index (χ4n) is 2.12. The molecule has 24 heavy (non-hydrogen) atoms. The highest BCUT2D eigenvalue weighted by molar-refractivity contribution is 6.10. The van der Waals surface area contributed by atoms with Crippen LogP contribution in [-0.4, -0.2) is 28.6 Å². The lowest BCUT2D eigenvalue weighted by Gasteiger charge is -2.09. The Labute approximate surface area is 139 Å². The standard InChI is InChI=1S/C19H18O5/c1-13(19(22)23)6-5-11-24-15-9-10-16(17(20)12-15)18(21)14-7-3-2-4-8-14/h2-4,7-10,12,20H,1,5-6,11H2,(H,22,23). The molecule has 0 aliphatic heterocycles. The molecule has 0 radical (unpaired) electrons. The third-order valence-electron chi connectivity index (χ3n) is 3.44. The van der Waals surface area contributed by atoms with Gasteiger partial charge >= 0.3 is 5.97 Å². The number of benzene rings is 2. The van der Waals surface area contributed by atoms with E-state index in [0.29, 0.717) is 24.2 Å². The molecule has 0 aromatic heterocycles. The topological polar surface area (TPSA) is 83.8 Å². The van der Waals surface area contributed by atoms with Crippen LogP contribution in [0.4, 0.5) is 0 Å². The predicted octanol–water partition coefficient (Wildman–Crippen LogP) is 3.42. The number of hydrogen-bond donors (Lipinski definition) is 2. The molecule has 0 fully saturated rings. The first-order chi connectivity index (χ1) is 11.5. The molecule has 2 rings (SSSR count). The molecular weight excluding hydrogens is 308 g/mol. The van der Waals surface area contributed by atoms with Crippen LogP contribution in [0.3, 0.4) is 0 Å². The van der Waals surface area contributed by atoms with E-state index < -0.39 is 5.97 Å². The summed E-state index contributed by atoms with van der Waals surface area (Å²) in [6.45, 7) is 3.73. The summed E-state index contributed by atoms with van der Waals surface area (Å²) in [4.78, 5) is 22.9. The van der Waals surface area contributed by atoms with Gasteiger partial charge in [-0.25, -0.2) is 4.79 Å². The van der Waals surface area contributed by atoms with Crippen LogP contribution in [0.25, 0.3) is 0 Å². The molecular formula is C19H18O5. The molecule has 0 bridgehead atoms. The Bertz CT molecular complexity index is 750. The molecule has 0 aliphatic rings. The molecule has 0 heterocycles. The summed E-state index contributed by atoms with van der Waals surface area (Å²) < 4.78 is 5.45. The van der Waals surface area contributed by atoms with Gasteiger partial charge in [-0.2, -0.15) is 0 Å². The van der Waals surface area contributed by atoms with Crippen molar-refractivity contribution in [2.45, 2.75) is 12.8 Å². The summed E-state index contributed by atoms with van der Waals surface area (Å²) >= 11 is 0. The monoisotopic (exact) mass is 326 g/mol. The molecule has 0 atom stereocenters. The van der Waals surface area contributed by atoms with Gasteiger partial charge in [0.05, 0.1) is 12.2 Å². The summed E-state index contributed by atoms with van der Waals surface area (Å²) in [5.74, 6) is -1.02. The predicted molar refractivity (Wildman–Crippen MR) is 89.5 cm³/mol. The van der Waals surface area contributed by atoms with Crippen LogP contribution >= 0.6 is 0 Å². The van der Waals surface area contributed by atoms with E-state index in [2.05, 4.69) is 6.58 Å². The molecule has 2 aromatic carbocycles. The second kappa shape index (κ2) is 7.97. The number of phenols is 1. The third kappa shape index (κ3) is 4.46. The summed E-state index contributed by atoms with van der Waals surface area (Å²) in [6.07, 6.45) is 0.822. The van der Waals surface area contributed by atoms with Gasteiger partial charge in [-0.1, -0.05) is 36.9 Å². The van der Waals surface area contributed by atoms with E-state index >= 15 is 0 Å². The number of ketones is 1. The van der Waals surface area contributed by atoms with Crippen LogP contribution in [0.2, 0.25) is 0 Å². The fourth-order valence-corrected chi connectivity index (χ4v) is 2.12. The maximum atomic E-state index is 12.3. The van der Waals surface area contributed by atoms with Crippen molar-refractivity contribution >= 4 is 11.8 Å². The lowest BCUT2D eigenvalue weighted by Crippen LogP contribution is -2.04. The number of hydrogen-bond acceptors (Lipinski definition) is 4. The molecule has 0 aliphatic carbocycles. The van der Waals surface area contributed by atoms with Crippen LogP contribution in [0.15, 0.2) is 60.7 Å². The Hall–Kier alpha value is -3.08. The number of aromatic hydroxyl groups is 1. The van der Waals surface area contributed by atoms with Gasteiger partial charge < -0.3 is 14.9 Å². The number of carbonyl (C=O) groups is 2. The minimum Gasteiger partial charge on any atom is -0.507 e. The Balaban J connectivity index is 1.96. The smallest absolute Gasteiger partial charge is 0.330 e. The van der Waals surface area contributed by atoms with Gasteiger partial charge in [0.1, 0.15) is 11.5 Å². The quantitative estimate of drug-likeness (QED) is 0.441. The minimum atomic E-state index is -1.02. The van der Waals surface area contributed by atoms with E-state index in [1.54, 1.807) is 30.3 Å². The number of carboxylic acids is 1. The summed E-state index contributed by atoms with van der Waals surface area (Å²) in [5, 5.41) is 18.8. The van der Waals surface area contributed by atoms with Crippen molar-refractivity contribution in [2.24, 2.45) is 0 Å². The van der Waals surface area contributed by atoms with E-state index in [-0.39, 0.29) is 29.3 Å². The first kappa shape index (κ1) is 17.3. The van der Waals surface area contributed by atoms with Crippen molar-refractivity contribution in [1.29, 1.82) is 0 Å². The molecule has 2 N–H and O–H groups in total. The van der Waals surface area contributed by atoms with Gasteiger partial charge in [-0.05, 0) is 25.0 Å². The first-order valence-corrected chi connectivity index (χ1v) is 7.45. The average Bonchev–Trinajstić information content (AvgIpc) is 2.58. The maximum absolute atomic E-state index is 12.3. The zero-order valence-electron chi connectivity index (χ0n) is 13.1. The zero-order chi connectivity index (χ0) is 17.5. The number of carboxylic acid groups (broad SMARTS) is 1. The van der Waals surface area contributed by atoms with E-state index in [0.717, 1.165) is 0 Å². The highest BCUT2D eigenvalue weighted by Gasteiger charge is 2.14. The molecule has 0 amide bonds. The van der Waals surface area contributed by atoms with E-state index in [1.165, 1.54) is 12.1 Å². The number of ether oxygens (including phenoxy) is 1. The molecule has 5 nitrogen and oxygen atoms in total. The fraction of sp³-hybridized carbons (Fsp3) is 0.158. The largest absolute Gasteiger partial charge is 0.507 e. The number of carbonyl (C=O) groups excluding carboxylic acids is 1. The summed E-state index contributed by atoms with van der Waals surface area (Å²) in [5.41, 5.74) is 0.826. The van der Waals surface area contributed by atoms with E-state index in [9.17, 15) is 14.7 Å². The van der Waals surface area contributed by atoms with Crippen LogP contribution in [-0.2, 0) is 4.79 Å². The van der Waals surface area contributed by atoms with Crippen molar-refractivity contribution in [3.05, 3.63) is 71.8 Å². The molecule has 124 valence electrons. The van der Waals surface area contributed by atoms with Gasteiger partial charge in [-0.15, -0.1) is 0 Å². The number of phenolic OH excluding ortho intramolecular Hbond substituents is 1. The summed E-state index contributed by atoms with van der Waals surface area (Å²) in [6, 6.07) is 13.2. The molecule has 0 saturated carbocycles. The Kier molecular flexibility index (Phi) is 5.73. The van der Waals surface area contributed by atoms with Gasteiger partial charge in [0.15, 0.2) is 5.78 Å². The van der Waals surface area contributed by atoms with E-state index in [1.807, 2.05) is 6.07 Å². The summed E-state index contributed by atoms with van der Waals surface area (Å²) in [7, 11) is 0. The van der Waals surface area contributed by atoms with Crippen molar-refractivity contribution < 1.29 is 24.5 Å². The molecule has 0 spiro atoms. The van der Waals surface area contributed by atoms with Crippen LogP contribution < -0.4 is 4.74 Å². The zero-order valence-corrected chi connectivity index (χ0v) is 13.1. The van der Waals surface area contributed by atoms with Crippen molar-refractivity contribution in [2.75, 3.05) is 6.61 Å². The van der Waals surface area contributed by atoms with Gasteiger partial charge in [-0.3, -0.25) is 4.79 Å². The Morgan fingerprint density at radius 1 is 1.08 bits per heavy atom.